The van der Waals surface area contributed by atoms with E-state index in [1.54, 1.807) is 48.5 Å². The summed E-state index contributed by atoms with van der Waals surface area (Å²) in [5.74, 6) is -0.310. The number of benzene rings is 3. The van der Waals surface area contributed by atoms with Crippen LogP contribution in [0.2, 0.25) is 5.02 Å². The largest absolute Gasteiger partial charge is 0.356 e. The molecule has 0 atom stereocenters. The number of halogens is 2. The van der Waals surface area contributed by atoms with Crippen LogP contribution in [0.4, 0.5) is 21.5 Å². The summed E-state index contributed by atoms with van der Waals surface area (Å²) in [6, 6.07) is 18.9. The Bertz CT molecular complexity index is 975. The van der Waals surface area contributed by atoms with Gasteiger partial charge in [-0.15, -0.1) is 0 Å². The van der Waals surface area contributed by atoms with Gasteiger partial charge in [0, 0.05) is 17.1 Å². The number of nitrogens with one attached hydrogen (secondary N) is 2. The van der Waals surface area contributed by atoms with E-state index in [9.17, 15) is 12.8 Å². The van der Waals surface area contributed by atoms with Gasteiger partial charge in [0.15, 0.2) is 0 Å². The van der Waals surface area contributed by atoms with Gasteiger partial charge in [-0.1, -0.05) is 23.7 Å². The molecule has 0 aromatic heterocycles. The molecule has 0 heterocycles. The Morgan fingerprint density at radius 3 is 1.88 bits per heavy atom. The minimum Gasteiger partial charge on any atom is -0.356 e. The first-order valence-electron chi connectivity index (χ1n) is 7.34. The Labute approximate surface area is 150 Å². The van der Waals surface area contributed by atoms with Gasteiger partial charge in [0.1, 0.15) is 10.7 Å². The number of anilines is 3. The van der Waals surface area contributed by atoms with E-state index >= 15 is 0 Å². The Balaban J connectivity index is 1.74. The van der Waals surface area contributed by atoms with E-state index in [-0.39, 0.29) is 15.7 Å². The zero-order valence-corrected chi connectivity index (χ0v) is 14.5. The zero-order chi connectivity index (χ0) is 17.9. The fourth-order valence-electron chi connectivity index (χ4n) is 2.19. The van der Waals surface area contributed by atoms with Crippen molar-refractivity contribution >= 4 is 38.7 Å². The van der Waals surface area contributed by atoms with Crippen molar-refractivity contribution in [3.8, 4) is 0 Å². The molecule has 7 heteroatoms. The molecule has 25 heavy (non-hydrogen) atoms. The molecule has 0 spiro atoms. The smallest absolute Gasteiger partial charge is 0.263 e. The van der Waals surface area contributed by atoms with Gasteiger partial charge < -0.3 is 5.32 Å². The standard InChI is InChI=1S/C18H14ClFN2O2S/c19-17-3-1-2-4-18(17)25(23,24)22-16-11-9-15(10-12-16)21-14-7-5-13(20)6-8-14/h1-12,21-22H. The predicted octanol–water partition coefficient (Wildman–Crippen LogP) is 5.02. The Morgan fingerprint density at radius 2 is 1.28 bits per heavy atom. The third-order valence-electron chi connectivity index (χ3n) is 3.40. The highest BCUT2D eigenvalue weighted by Gasteiger charge is 2.17. The topological polar surface area (TPSA) is 58.2 Å². The highest BCUT2D eigenvalue weighted by atomic mass is 35.5. The SMILES string of the molecule is O=S(=O)(Nc1ccc(Nc2ccc(F)cc2)cc1)c1ccccc1Cl. The molecule has 0 fully saturated rings. The molecule has 0 bridgehead atoms. The Hall–Kier alpha value is -2.57. The molecule has 0 aliphatic carbocycles. The lowest BCUT2D eigenvalue weighted by molar-refractivity contribution is 0.601. The highest BCUT2D eigenvalue weighted by molar-refractivity contribution is 7.92. The molecule has 4 nitrogen and oxygen atoms in total. The van der Waals surface area contributed by atoms with Crippen LogP contribution in [-0.2, 0) is 10.0 Å². The molecular weight excluding hydrogens is 363 g/mol. The van der Waals surface area contributed by atoms with Gasteiger partial charge in [0.2, 0.25) is 0 Å². The molecule has 128 valence electrons. The first kappa shape index (κ1) is 17.3. The van der Waals surface area contributed by atoms with Crippen LogP contribution in [0.25, 0.3) is 0 Å². The molecule has 3 aromatic rings. The van der Waals surface area contributed by atoms with Crippen LogP contribution < -0.4 is 10.0 Å². The number of rotatable bonds is 5. The molecule has 0 saturated heterocycles. The van der Waals surface area contributed by atoms with Crippen molar-refractivity contribution in [2.24, 2.45) is 0 Å². The van der Waals surface area contributed by atoms with Crippen molar-refractivity contribution in [2.75, 3.05) is 10.0 Å². The second-order valence-electron chi connectivity index (χ2n) is 5.25. The van der Waals surface area contributed by atoms with Crippen LogP contribution in [0.5, 0.6) is 0 Å². The molecular formula is C18H14ClFN2O2S. The van der Waals surface area contributed by atoms with Gasteiger partial charge in [-0.25, -0.2) is 12.8 Å². The third kappa shape index (κ3) is 4.29. The van der Waals surface area contributed by atoms with Crippen molar-refractivity contribution < 1.29 is 12.8 Å². The summed E-state index contributed by atoms with van der Waals surface area (Å²) < 4.78 is 40.2. The minimum atomic E-state index is -3.76. The highest BCUT2D eigenvalue weighted by Crippen LogP contribution is 2.24. The first-order valence-corrected chi connectivity index (χ1v) is 9.20. The third-order valence-corrected chi connectivity index (χ3v) is 5.28. The van der Waals surface area contributed by atoms with Crippen LogP contribution >= 0.6 is 11.6 Å². The van der Waals surface area contributed by atoms with Gasteiger partial charge in [0.05, 0.1) is 5.02 Å². The van der Waals surface area contributed by atoms with Crippen molar-refractivity contribution in [1.29, 1.82) is 0 Å². The maximum Gasteiger partial charge on any atom is 0.263 e. The fourth-order valence-corrected chi connectivity index (χ4v) is 3.77. The van der Waals surface area contributed by atoms with E-state index in [0.717, 1.165) is 11.4 Å². The van der Waals surface area contributed by atoms with E-state index in [1.807, 2.05) is 0 Å². The van der Waals surface area contributed by atoms with Gasteiger partial charge in [0.25, 0.3) is 10.0 Å². The van der Waals surface area contributed by atoms with Crippen LogP contribution in [-0.4, -0.2) is 8.42 Å². The lowest BCUT2D eigenvalue weighted by Gasteiger charge is -2.11. The van der Waals surface area contributed by atoms with E-state index in [4.69, 9.17) is 11.6 Å². The second kappa shape index (κ2) is 7.13. The van der Waals surface area contributed by atoms with E-state index < -0.39 is 10.0 Å². The molecule has 3 aromatic carbocycles. The molecule has 0 aliphatic heterocycles. The summed E-state index contributed by atoms with van der Waals surface area (Å²) in [5.41, 5.74) is 1.88. The summed E-state index contributed by atoms with van der Waals surface area (Å²) in [6.45, 7) is 0. The maximum atomic E-state index is 12.9. The molecule has 0 unspecified atom stereocenters. The summed E-state index contributed by atoms with van der Waals surface area (Å²) in [5, 5.41) is 3.25. The average molecular weight is 377 g/mol. The molecule has 0 radical (unpaired) electrons. The van der Waals surface area contributed by atoms with Gasteiger partial charge in [-0.3, -0.25) is 4.72 Å². The van der Waals surface area contributed by atoms with Crippen LogP contribution in [0, 0.1) is 5.82 Å². The van der Waals surface area contributed by atoms with E-state index in [0.29, 0.717) is 5.69 Å². The number of sulfonamides is 1. The van der Waals surface area contributed by atoms with Crippen LogP contribution in [0.1, 0.15) is 0 Å². The van der Waals surface area contributed by atoms with Gasteiger partial charge >= 0.3 is 0 Å². The average Bonchev–Trinajstić information content (AvgIpc) is 2.59. The summed E-state index contributed by atoms with van der Waals surface area (Å²) in [6.07, 6.45) is 0. The van der Waals surface area contributed by atoms with Crippen molar-refractivity contribution in [1.82, 2.24) is 0 Å². The van der Waals surface area contributed by atoms with Crippen molar-refractivity contribution in [2.45, 2.75) is 4.90 Å². The molecule has 3 rings (SSSR count). The van der Waals surface area contributed by atoms with Gasteiger partial charge in [-0.05, 0) is 60.7 Å². The monoisotopic (exact) mass is 376 g/mol. The summed E-state index contributed by atoms with van der Waals surface area (Å²) >= 11 is 5.95. The quantitative estimate of drug-likeness (QED) is 0.657. The fraction of sp³-hybridized carbons (Fsp3) is 0. The maximum absolute atomic E-state index is 12.9. The minimum absolute atomic E-state index is 0.0187. The summed E-state index contributed by atoms with van der Waals surface area (Å²) in [4.78, 5) is 0.0187. The number of hydrogen-bond acceptors (Lipinski definition) is 3. The van der Waals surface area contributed by atoms with E-state index in [2.05, 4.69) is 10.0 Å². The summed E-state index contributed by atoms with van der Waals surface area (Å²) in [7, 11) is -3.76. The molecule has 2 N–H and O–H groups in total. The lowest BCUT2D eigenvalue weighted by Crippen LogP contribution is -2.13. The van der Waals surface area contributed by atoms with E-state index in [1.165, 1.54) is 24.3 Å². The molecule has 0 aliphatic rings. The van der Waals surface area contributed by atoms with Crippen LogP contribution in [0.15, 0.2) is 77.7 Å². The molecule has 0 amide bonds. The predicted molar refractivity (Wildman–Crippen MR) is 98.4 cm³/mol. The Kier molecular flexibility index (Phi) is 4.92. The lowest BCUT2D eigenvalue weighted by atomic mass is 10.2. The Morgan fingerprint density at radius 1 is 0.760 bits per heavy atom. The van der Waals surface area contributed by atoms with Gasteiger partial charge in [-0.2, -0.15) is 0 Å². The zero-order valence-electron chi connectivity index (χ0n) is 12.9. The molecule has 0 saturated carbocycles. The second-order valence-corrected chi connectivity index (χ2v) is 7.30. The van der Waals surface area contributed by atoms with Crippen molar-refractivity contribution in [3.63, 3.8) is 0 Å². The van der Waals surface area contributed by atoms with Crippen LogP contribution in [0.3, 0.4) is 0 Å². The van der Waals surface area contributed by atoms with Crippen molar-refractivity contribution in [3.05, 3.63) is 83.6 Å². The number of hydrogen-bond donors (Lipinski definition) is 2. The normalized spacial score (nSPS) is 11.1. The first-order chi connectivity index (χ1) is 11.9.